The molecular formula is C24H22F2O3. The van der Waals surface area contributed by atoms with E-state index in [2.05, 4.69) is 12.1 Å². The summed E-state index contributed by atoms with van der Waals surface area (Å²) >= 11 is 0. The molecule has 0 aliphatic rings. The van der Waals surface area contributed by atoms with Crippen LogP contribution in [0.2, 0.25) is 0 Å². The summed E-state index contributed by atoms with van der Waals surface area (Å²) in [5.41, 5.74) is 5.25. The average molecular weight is 396 g/mol. The van der Waals surface area contributed by atoms with Gasteiger partial charge in [-0.25, -0.2) is 13.6 Å². The number of carboxylic acid groups (broad SMARTS) is 1. The van der Waals surface area contributed by atoms with Crippen molar-refractivity contribution < 1.29 is 23.4 Å². The molecule has 5 heteroatoms. The Bertz CT molecular complexity index is 1030. The summed E-state index contributed by atoms with van der Waals surface area (Å²) in [4.78, 5) is 10.6. The Labute approximate surface area is 168 Å². The van der Waals surface area contributed by atoms with Crippen LogP contribution in [0.15, 0.2) is 54.6 Å². The third-order valence-electron chi connectivity index (χ3n) is 5.03. The van der Waals surface area contributed by atoms with E-state index in [4.69, 9.17) is 9.84 Å². The van der Waals surface area contributed by atoms with Crippen molar-refractivity contribution in [3.05, 3.63) is 88.5 Å². The summed E-state index contributed by atoms with van der Waals surface area (Å²) in [6.45, 7) is 3.34. The molecule has 3 rings (SSSR count). The molecule has 0 atom stereocenters. The van der Waals surface area contributed by atoms with Crippen molar-refractivity contribution in [2.24, 2.45) is 0 Å². The molecule has 0 spiro atoms. The molecule has 0 bridgehead atoms. The van der Waals surface area contributed by atoms with Crippen molar-refractivity contribution in [3.63, 3.8) is 0 Å². The molecule has 0 fully saturated rings. The number of halogens is 2. The molecule has 0 amide bonds. The summed E-state index contributed by atoms with van der Waals surface area (Å²) in [6.07, 6.45) is 0.587. The lowest BCUT2D eigenvalue weighted by molar-refractivity contribution is -0.139. The first-order chi connectivity index (χ1) is 13.9. The maximum absolute atomic E-state index is 14.7. The van der Waals surface area contributed by atoms with E-state index >= 15 is 0 Å². The summed E-state index contributed by atoms with van der Waals surface area (Å²) in [6, 6.07) is 16.3. The van der Waals surface area contributed by atoms with E-state index in [1.54, 1.807) is 0 Å². The number of carboxylic acids is 1. The van der Waals surface area contributed by atoms with Crippen LogP contribution in [0.5, 0.6) is 5.75 Å². The van der Waals surface area contributed by atoms with Crippen LogP contribution in [-0.2, 0) is 17.6 Å². The van der Waals surface area contributed by atoms with Crippen LogP contribution in [-0.4, -0.2) is 17.7 Å². The minimum Gasteiger partial charge on any atom is -0.479 e. The fourth-order valence-electron chi connectivity index (χ4n) is 3.31. The Morgan fingerprint density at radius 2 is 1.69 bits per heavy atom. The minimum absolute atomic E-state index is 0.102. The molecule has 0 aliphatic carbocycles. The second-order valence-corrected chi connectivity index (χ2v) is 6.96. The molecule has 0 heterocycles. The molecule has 0 saturated heterocycles. The minimum atomic E-state index is -1.22. The van der Waals surface area contributed by atoms with Crippen molar-refractivity contribution in [3.8, 4) is 16.9 Å². The fraction of sp³-hybridized carbons (Fsp3) is 0.208. The molecule has 1 N–H and O–H groups in total. The van der Waals surface area contributed by atoms with Gasteiger partial charge in [0.25, 0.3) is 0 Å². The second-order valence-electron chi connectivity index (χ2n) is 6.96. The summed E-state index contributed by atoms with van der Waals surface area (Å²) < 4.78 is 33.8. The van der Waals surface area contributed by atoms with Gasteiger partial charge >= 0.3 is 5.97 Å². The van der Waals surface area contributed by atoms with Crippen molar-refractivity contribution >= 4 is 5.97 Å². The Morgan fingerprint density at radius 1 is 0.966 bits per heavy atom. The zero-order valence-corrected chi connectivity index (χ0v) is 16.3. The molecule has 0 radical (unpaired) electrons. The Hall–Kier alpha value is -3.21. The zero-order valence-electron chi connectivity index (χ0n) is 16.3. The van der Waals surface area contributed by atoms with Crippen molar-refractivity contribution in [1.82, 2.24) is 0 Å². The van der Waals surface area contributed by atoms with Gasteiger partial charge in [0.2, 0.25) is 0 Å². The van der Waals surface area contributed by atoms with E-state index in [1.165, 1.54) is 0 Å². The second kappa shape index (κ2) is 8.86. The van der Waals surface area contributed by atoms with E-state index in [0.29, 0.717) is 6.42 Å². The van der Waals surface area contributed by atoms with E-state index in [9.17, 15) is 13.6 Å². The van der Waals surface area contributed by atoms with E-state index in [-0.39, 0.29) is 17.7 Å². The number of aliphatic carboxylic acids is 1. The molecule has 150 valence electrons. The van der Waals surface area contributed by atoms with Crippen LogP contribution < -0.4 is 4.74 Å². The molecule has 0 unspecified atom stereocenters. The van der Waals surface area contributed by atoms with Crippen LogP contribution in [0.4, 0.5) is 8.78 Å². The number of benzene rings is 3. The predicted molar refractivity (Wildman–Crippen MR) is 108 cm³/mol. The van der Waals surface area contributed by atoms with Crippen LogP contribution in [0, 0.1) is 25.5 Å². The van der Waals surface area contributed by atoms with Gasteiger partial charge in [-0.05, 0) is 66.6 Å². The van der Waals surface area contributed by atoms with Gasteiger partial charge in [0.1, 0.15) is 5.82 Å². The van der Waals surface area contributed by atoms with E-state index in [0.717, 1.165) is 39.9 Å². The van der Waals surface area contributed by atoms with Crippen LogP contribution in [0.3, 0.4) is 0 Å². The largest absolute Gasteiger partial charge is 0.479 e. The average Bonchev–Trinajstić information content (AvgIpc) is 2.70. The molecule has 3 nitrogen and oxygen atoms in total. The highest BCUT2D eigenvalue weighted by atomic mass is 19.1. The van der Waals surface area contributed by atoms with E-state index in [1.807, 2.05) is 44.2 Å². The van der Waals surface area contributed by atoms with Gasteiger partial charge in [-0.15, -0.1) is 0 Å². The van der Waals surface area contributed by atoms with Crippen molar-refractivity contribution in [2.75, 3.05) is 6.61 Å². The first kappa shape index (κ1) is 20.5. The molecule has 0 aromatic heterocycles. The molecule has 3 aromatic rings. The number of carbonyl (C=O) groups is 1. The normalized spacial score (nSPS) is 10.8. The van der Waals surface area contributed by atoms with Gasteiger partial charge in [0.05, 0.1) is 0 Å². The monoisotopic (exact) mass is 396 g/mol. The van der Waals surface area contributed by atoms with Gasteiger partial charge in [-0.3, -0.25) is 0 Å². The molecular weight excluding hydrogens is 374 g/mol. The van der Waals surface area contributed by atoms with Crippen LogP contribution in [0.25, 0.3) is 11.1 Å². The molecule has 0 aliphatic heterocycles. The maximum Gasteiger partial charge on any atom is 0.341 e. The topological polar surface area (TPSA) is 46.5 Å². The predicted octanol–water partition coefficient (Wildman–Crippen LogP) is 5.50. The standard InChI is InChI=1S/C24H22F2O3/c1-15-12-19(17-6-4-3-5-7-17)13-18(16(15)2)8-9-20-21(25)10-11-22(24(20)26)29-14-23(27)28/h3-7,10-13H,8-9,14H2,1-2H3,(H,27,28). The quantitative estimate of drug-likeness (QED) is 0.574. The maximum atomic E-state index is 14.7. The summed E-state index contributed by atoms with van der Waals surface area (Å²) in [7, 11) is 0. The molecule has 0 saturated carbocycles. The number of hydrogen-bond donors (Lipinski definition) is 1. The number of ether oxygens (including phenoxy) is 1. The zero-order chi connectivity index (χ0) is 21.0. The summed E-state index contributed by atoms with van der Waals surface area (Å²) in [5.74, 6) is -2.99. The van der Waals surface area contributed by atoms with Gasteiger partial charge in [0, 0.05) is 5.56 Å². The lowest BCUT2D eigenvalue weighted by atomic mass is 9.92. The van der Waals surface area contributed by atoms with Gasteiger partial charge in [-0.2, -0.15) is 0 Å². The first-order valence-electron chi connectivity index (χ1n) is 9.34. The lowest BCUT2D eigenvalue weighted by Gasteiger charge is -2.14. The van der Waals surface area contributed by atoms with Gasteiger partial charge < -0.3 is 9.84 Å². The highest BCUT2D eigenvalue weighted by Crippen LogP contribution is 2.28. The molecule has 29 heavy (non-hydrogen) atoms. The van der Waals surface area contributed by atoms with Crippen LogP contribution in [0.1, 0.15) is 22.3 Å². The third-order valence-corrected chi connectivity index (χ3v) is 5.03. The third kappa shape index (κ3) is 4.80. The SMILES string of the molecule is Cc1cc(-c2ccccc2)cc(CCc2c(F)ccc(OCC(=O)O)c2F)c1C. The number of rotatable bonds is 7. The number of hydrogen-bond acceptors (Lipinski definition) is 2. The van der Waals surface area contributed by atoms with Crippen molar-refractivity contribution in [1.29, 1.82) is 0 Å². The Morgan fingerprint density at radius 3 is 2.38 bits per heavy atom. The Balaban J connectivity index is 1.87. The van der Waals surface area contributed by atoms with Gasteiger partial charge in [0.15, 0.2) is 18.2 Å². The van der Waals surface area contributed by atoms with Gasteiger partial charge in [-0.1, -0.05) is 42.5 Å². The lowest BCUT2D eigenvalue weighted by Crippen LogP contribution is -2.11. The summed E-state index contributed by atoms with van der Waals surface area (Å²) in [5, 5.41) is 8.70. The van der Waals surface area contributed by atoms with E-state index < -0.39 is 24.2 Å². The smallest absolute Gasteiger partial charge is 0.341 e. The fourth-order valence-corrected chi connectivity index (χ4v) is 3.31. The first-order valence-corrected chi connectivity index (χ1v) is 9.34. The van der Waals surface area contributed by atoms with Crippen molar-refractivity contribution in [2.45, 2.75) is 26.7 Å². The highest BCUT2D eigenvalue weighted by Gasteiger charge is 2.16. The number of aryl methyl sites for hydroxylation is 2. The highest BCUT2D eigenvalue weighted by molar-refractivity contribution is 5.68. The Kier molecular flexibility index (Phi) is 6.27. The van der Waals surface area contributed by atoms with Crippen LogP contribution >= 0.6 is 0 Å². The molecule has 3 aromatic carbocycles.